The van der Waals surface area contributed by atoms with Gasteiger partial charge in [0.2, 0.25) is 5.91 Å². The number of imidazole rings is 1. The van der Waals surface area contributed by atoms with E-state index in [9.17, 15) is 9.59 Å². The summed E-state index contributed by atoms with van der Waals surface area (Å²) < 4.78 is 2.04. The van der Waals surface area contributed by atoms with E-state index in [1.165, 1.54) is 0 Å². The molecule has 0 fully saturated rings. The van der Waals surface area contributed by atoms with Crippen molar-refractivity contribution in [2.45, 2.75) is 24.9 Å². The number of nitrogens with one attached hydrogen (secondary N) is 2. The van der Waals surface area contributed by atoms with Crippen molar-refractivity contribution in [2.24, 2.45) is 7.05 Å². The zero-order valence-corrected chi connectivity index (χ0v) is 17.8. The summed E-state index contributed by atoms with van der Waals surface area (Å²) in [5, 5.41) is 6.11. The maximum Gasteiger partial charge on any atom is 0.252 e. The summed E-state index contributed by atoms with van der Waals surface area (Å²) in [5.41, 5.74) is 4.54. The lowest BCUT2D eigenvalue weighted by molar-refractivity contribution is -0.122. The predicted octanol–water partition coefficient (Wildman–Crippen LogP) is 3.85. The Kier molecular flexibility index (Phi) is 5.19. The number of nitrogens with zero attached hydrogens (tertiary/aromatic N) is 2. The molecule has 1 unspecified atom stereocenters. The average Bonchev–Trinajstić information content (AvgIpc) is 3.31. The number of benzene rings is 3. The lowest BCUT2D eigenvalue weighted by Crippen LogP contribution is -2.34. The molecule has 1 aromatic heterocycles. The highest BCUT2D eigenvalue weighted by Gasteiger charge is 2.30. The van der Waals surface area contributed by atoms with Crippen LogP contribution in [-0.4, -0.2) is 21.4 Å². The Morgan fingerprint density at radius 1 is 1.03 bits per heavy atom. The third-order valence-corrected chi connectivity index (χ3v) is 6.03. The number of aromatic nitrogens is 2. The van der Waals surface area contributed by atoms with Crippen LogP contribution >= 0.6 is 0 Å². The second kappa shape index (κ2) is 8.30. The van der Waals surface area contributed by atoms with Crippen LogP contribution in [0.1, 0.15) is 45.8 Å². The lowest BCUT2D eigenvalue weighted by Gasteiger charge is -2.20. The van der Waals surface area contributed by atoms with Crippen molar-refractivity contribution in [3.63, 3.8) is 0 Å². The van der Waals surface area contributed by atoms with Gasteiger partial charge in [0.1, 0.15) is 5.82 Å². The van der Waals surface area contributed by atoms with Gasteiger partial charge in [-0.2, -0.15) is 0 Å². The minimum absolute atomic E-state index is 0.125. The van der Waals surface area contributed by atoms with Gasteiger partial charge < -0.3 is 15.2 Å². The molecule has 0 aliphatic carbocycles. The number of para-hydroxylation sites is 2. The molecule has 0 bridgehead atoms. The highest BCUT2D eigenvalue weighted by atomic mass is 16.2. The minimum atomic E-state index is -0.323. The molecule has 2 N–H and O–H groups in total. The molecule has 160 valence electrons. The second-order valence-corrected chi connectivity index (χ2v) is 8.14. The first-order chi connectivity index (χ1) is 15.6. The molecule has 0 spiro atoms. The molecule has 0 radical (unpaired) electrons. The Bertz CT molecular complexity index is 1300. The molecule has 2 heterocycles. The number of hydrogen-bond donors (Lipinski definition) is 2. The standard InChI is InChI=1S/C26H24N4O2/c1-30-23-14-8-7-13-20(23)28-25(30)22(15-17-9-3-2-4-10-17)27-24(31)16-21-18-11-5-6-12-19(18)26(32)29-21/h2-14,21-22H,15-16H2,1H3,(H,27,31)(H,29,32)/t21?,22-/m0/s1. The fraction of sp³-hybridized carbons (Fsp3) is 0.192. The van der Waals surface area contributed by atoms with Crippen LogP contribution in [0.4, 0.5) is 0 Å². The van der Waals surface area contributed by atoms with Crippen molar-refractivity contribution in [2.75, 3.05) is 0 Å². The van der Waals surface area contributed by atoms with E-state index in [1.54, 1.807) is 6.07 Å². The van der Waals surface area contributed by atoms with Crippen LogP contribution < -0.4 is 10.6 Å². The fourth-order valence-corrected chi connectivity index (χ4v) is 4.45. The third kappa shape index (κ3) is 3.75. The molecule has 2 atom stereocenters. The van der Waals surface area contributed by atoms with E-state index in [0.29, 0.717) is 12.0 Å². The SMILES string of the molecule is Cn1c([C@H](Cc2ccccc2)NC(=O)CC2NC(=O)c3ccccc32)nc2ccccc21. The Morgan fingerprint density at radius 3 is 2.56 bits per heavy atom. The van der Waals surface area contributed by atoms with Gasteiger partial charge >= 0.3 is 0 Å². The van der Waals surface area contributed by atoms with E-state index in [-0.39, 0.29) is 30.3 Å². The molecular formula is C26H24N4O2. The molecule has 6 nitrogen and oxygen atoms in total. The number of hydrogen-bond acceptors (Lipinski definition) is 3. The minimum Gasteiger partial charge on any atom is -0.346 e. The molecule has 32 heavy (non-hydrogen) atoms. The largest absolute Gasteiger partial charge is 0.346 e. The molecule has 1 aliphatic rings. The maximum atomic E-state index is 13.1. The number of rotatable bonds is 6. The van der Waals surface area contributed by atoms with Crippen molar-refractivity contribution in [1.82, 2.24) is 20.2 Å². The molecule has 2 amide bonds. The fourth-order valence-electron chi connectivity index (χ4n) is 4.45. The van der Waals surface area contributed by atoms with Gasteiger partial charge in [-0.1, -0.05) is 60.7 Å². The molecule has 4 aromatic rings. The second-order valence-electron chi connectivity index (χ2n) is 8.14. The highest BCUT2D eigenvalue weighted by molar-refractivity contribution is 5.99. The summed E-state index contributed by atoms with van der Waals surface area (Å²) in [5.74, 6) is 0.550. The number of carbonyl (C=O) groups excluding carboxylic acids is 2. The zero-order chi connectivity index (χ0) is 22.1. The Morgan fingerprint density at radius 2 is 1.75 bits per heavy atom. The molecule has 6 heteroatoms. The molecule has 0 saturated heterocycles. The van der Waals surface area contributed by atoms with Crippen LogP contribution in [0.25, 0.3) is 11.0 Å². The Balaban J connectivity index is 1.41. The van der Waals surface area contributed by atoms with Gasteiger partial charge in [0.05, 0.1) is 29.5 Å². The smallest absolute Gasteiger partial charge is 0.252 e. The van der Waals surface area contributed by atoms with Crippen LogP contribution in [0.3, 0.4) is 0 Å². The maximum absolute atomic E-state index is 13.1. The van der Waals surface area contributed by atoms with Crippen molar-refractivity contribution in [3.05, 3.63) is 101 Å². The summed E-state index contributed by atoms with van der Waals surface area (Å²) in [6.45, 7) is 0. The molecule has 5 rings (SSSR count). The van der Waals surface area contributed by atoms with Gasteiger partial charge in [0.15, 0.2) is 0 Å². The quantitative estimate of drug-likeness (QED) is 0.494. The van der Waals surface area contributed by atoms with Gasteiger partial charge in [-0.05, 0) is 35.7 Å². The van der Waals surface area contributed by atoms with Crippen molar-refractivity contribution in [3.8, 4) is 0 Å². The number of aryl methyl sites for hydroxylation is 1. The first-order valence-electron chi connectivity index (χ1n) is 10.7. The molecule has 1 aliphatic heterocycles. The predicted molar refractivity (Wildman–Crippen MR) is 123 cm³/mol. The average molecular weight is 425 g/mol. The van der Waals surface area contributed by atoms with Crippen molar-refractivity contribution < 1.29 is 9.59 Å². The van der Waals surface area contributed by atoms with Gasteiger partial charge in [-0.25, -0.2) is 4.98 Å². The number of amides is 2. The molecular weight excluding hydrogens is 400 g/mol. The van der Waals surface area contributed by atoms with Gasteiger partial charge in [0, 0.05) is 12.6 Å². The van der Waals surface area contributed by atoms with E-state index in [1.807, 2.05) is 72.3 Å². The summed E-state index contributed by atoms with van der Waals surface area (Å²) in [6, 6.07) is 24.8. The first kappa shape index (κ1) is 20.0. The van der Waals surface area contributed by atoms with Gasteiger partial charge in [0.25, 0.3) is 5.91 Å². The number of fused-ring (bicyclic) bond motifs is 2. The van der Waals surface area contributed by atoms with Crippen LogP contribution in [-0.2, 0) is 18.3 Å². The summed E-state index contributed by atoms with van der Waals surface area (Å²) >= 11 is 0. The first-order valence-corrected chi connectivity index (χ1v) is 10.7. The van der Waals surface area contributed by atoms with Crippen LogP contribution in [0.5, 0.6) is 0 Å². The van der Waals surface area contributed by atoms with Crippen molar-refractivity contribution in [1.29, 1.82) is 0 Å². The highest BCUT2D eigenvalue weighted by Crippen LogP contribution is 2.28. The normalized spacial score (nSPS) is 15.9. The van der Waals surface area contributed by atoms with E-state index in [4.69, 9.17) is 4.98 Å². The summed E-state index contributed by atoms with van der Waals surface area (Å²) in [7, 11) is 1.97. The van der Waals surface area contributed by atoms with E-state index < -0.39 is 0 Å². The Labute approximate surface area is 186 Å². The van der Waals surface area contributed by atoms with Gasteiger partial charge in [-0.15, -0.1) is 0 Å². The van der Waals surface area contributed by atoms with E-state index in [2.05, 4.69) is 22.8 Å². The molecule has 3 aromatic carbocycles. The van der Waals surface area contributed by atoms with Crippen LogP contribution in [0.15, 0.2) is 78.9 Å². The Hall–Kier alpha value is -3.93. The van der Waals surface area contributed by atoms with Crippen LogP contribution in [0.2, 0.25) is 0 Å². The summed E-state index contributed by atoms with van der Waals surface area (Å²) in [6.07, 6.45) is 0.801. The lowest BCUT2D eigenvalue weighted by atomic mass is 10.0. The monoisotopic (exact) mass is 424 g/mol. The topological polar surface area (TPSA) is 76.0 Å². The molecule has 0 saturated carbocycles. The summed E-state index contributed by atoms with van der Waals surface area (Å²) in [4.78, 5) is 30.2. The van der Waals surface area contributed by atoms with E-state index in [0.717, 1.165) is 28.0 Å². The number of carbonyl (C=O) groups is 2. The third-order valence-electron chi connectivity index (χ3n) is 6.03. The zero-order valence-electron chi connectivity index (χ0n) is 17.8. The van der Waals surface area contributed by atoms with Crippen LogP contribution in [0, 0.1) is 0 Å². The van der Waals surface area contributed by atoms with E-state index >= 15 is 0 Å². The van der Waals surface area contributed by atoms with Gasteiger partial charge in [-0.3, -0.25) is 9.59 Å². The van der Waals surface area contributed by atoms with Crippen molar-refractivity contribution >= 4 is 22.8 Å².